The molecule has 2 aromatic carbocycles. The van der Waals surface area contributed by atoms with Gasteiger partial charge in [0.2, 0.25) is 0 Å². The van der Waals surface area contributed by atoms with Crippen LogP contribution in [0.15, 0.2) is 24.3 Å². The van der Waals surface area contributed by atoms with Crippen molar-refractivity contribution in [2.45, 2.75) is 143 Å². The second kappa shape index (κ2) is 13.5. The minimum atomic E-state index is 0.0940. The van der Waals surface area contributed by atoms with Gasteiger partial charge in [-0.2, -0.15) is 0 Å². The Bertz CT molecular complexity index is 783. The molecule has 0 spiro atoms. The molecule has 0 saturated heterocycles. The second-order valence-corrected chi connectivity index (χ2v) is 12.5. The summed E-state index contributed by atoms with van der Waals surface area (Å²) in [7, 11) is 0. The molecule has 2 radical (unpaired) electrons. The number of benzene rings is 2. The summed E-state index contributed by atoms with van der Waals surface area (Å²) >= 11 is 0. The summed E-state index contributed by atoms with van der Waals surface area (Å²) in [4.78, 5) is 0. The van der Waals surface area contributed by atoms with E-state index in [4.69, 9.17) is 0 Å². The van der Waals surface area contributed by atoms with Crippen LogP contribution in [0.1, 0.15) is 142 Å². The standard InChI is InChI=1S/C34H52/c1-9-11-13-15-17-19-27-21-29(25-31(23-27)33(3,4)5)30-22-28(20-18-16-14-12-10-2)24-32(26-30)34(6,7)8/h21-24H,9-20H2,1-8H3. The van der Waals surface area contributed by atoms with Gasteiger partial charge < -0.3 is 0 Å². The number of hydrogen-bond donors (Lipinski definition) is 0. The fourth-order valence-electron chi connectivity index (χ4n) is 4.51. The highest BCUT2D eigenvalue weighted by molar-refractivity contribution is 5.66. The van der Waals surface area contributed by atoms with Crippen LogP contribution >= 0.6 is 0 Å². The molecule has 188 valence electrons. The van der Waals surface area contributed by atoms with Crippen molar-refractivity contribution in [3.8, 4) is 11.1 Å². The second-order valence-electron chi connectivity index (χ2n) is 12.5. The Morgan fingerprint density at radius 1 is 0.500 bits per heavy atom. The Kier molecular flexibility index (Phi) is 11.4. The smallest absolute Gasteiger partial charge is 0.00583 e. The summed E-state index contributed by atoms with van der Waals surface area (Å²) in [5.74, 6) is 0. The molecule has 0 aliphatic heterocycles. The third-order valence-corrected chi connectivity index (χ3v) is 6.90. The molecule has 0 aliphatic rings. The van der Waals surface area contributed by atoms with E-state index in [0.717, 1.165) is 12.8 Å². The largest absolute Gasteiger partial charge is 0.0654 e. The minimum absolute atomic E-state index is 0.0940. The lowest BCUT2D eigenvalue weighted by Crippen LogP contribution is -2.13. The summed E-state index contributed by atoms with van der Waals surface area (Å²) in [6.45, 7) is 18.4. The highest BCUT2D eigenvalue weighted by Crippen LogP contribution is 2.33. The van der Waals surface area contributed by atoms with Gasteiger partial charge in [0.15, 0.2) is 0 Å². The zero-order valence-corrected chi connectivity index (χ0v) is 23.8. The van der Waals surface area contributed by atoms with Gasteiger partial charge in [0.1, 0.15) is 0 Å². The fraction of sp³-hybridized carbons (Fsp3) is 0.647. The third kappa shape index (κ3) is 9.59. The van der Waals surface area contributed by atoms with Crippen LogP contribution in [0.25, 0.3) is 11.1 Å². The Balaban J connectivity index is 2.37. The van der Waals surface area contributed by atoms with Gasteiger partial charge in [0.25, 0.3) is 0 Å². The van der Waals surface area contributed by atoms with Crippen LogP contribution < -0.4 is 0 Å². The van der Waals surface area contributed by atoms with Crippen molar-refractivity contribution in [3.05, 3.63) is 58.7 Å². The predicted octanol–water partition coefficient (Wildman–Crippen LogP) is 10.6. The molecule has 0 aromatic heterocycles. The van der Waals surface area contributed by atoms with Gasteiger partial charge in [-0.1, -0.05) is 131 Å². The quantitative estimate of drug-likeness (QED) is 0.261. The van der Waals surface area contributed by atoms with Crippen molar-refractivity contribution < 1.29 is 0 Å². The van der Waals surface area contributed by atoms with Crippen LogP contribution in [0.3, 0.4) is 0 Å². The number of hydrogen-bond acceptors (Lipinski definition) is 0. The van der Waals surface area contributed by atoms with Gasteiger partial charge in [-0.05, 0) is 82.0 Å². The molecule has 2 rings (SSSR count). The number of unbranched alkanes of at least 4 members (excludes halogenated alkanes) is 8. The monoisotopic (exact) mass is 460 g/mol. The van der Waals surface area contributed by atoms with Crippen LogP contribution in [-0.2, 0) is 23.7 Å². The number of rotatable bonds is 13. The molecular formula is C34H52. The lowest BCUT2D eigenvalue weighted by atomic mass is 9.81. The molecule has 0 bridgehead atoms. The molecule has 0 saturated carbocycles. The molecule has 0 heteroatoms. The van der Waals surface area contributed by atoms with Gasteiger partial charge in [-0.3, -0.25) is 0 Å². The first-order valence-electron chi connectivity index (χ1n) is 14.2. The third-order valence-electron chi connectivity index (χ3n) is 6.90. The fourth-order valence-corrected chi connectivity index (χ4v) is 4.51. The molecule has 0 amide bonds. The lowest BCUT2D eigenvalue weighted by Gasteiger charge is -2.23. The first-order chi connectivity index (χ1) is 16.0. The average molecular weight is 461 g/mol. The van der Waals surface area contributed by atoms with Crippen LogP contribution in [0.2, 0.25) is 0 Å². The van der Waals surface area contributed by atoms with Crippen molar-refractivity contribution in [1.29, 1.82) is 0 Å². The molecule has 34 heavy (non-hydrogen) atoms. The Morgan fingerprint density at radius 2 is 0.853 bits per heavy atom. The summed E-state index contributed by atoms with van der Waals surface area (Å²) < 4.78 is 0. The van der Waals surface area contributed by atoms with Crippen LogP contribution in [0.4, 0.5) is 0 Å². The predicted molar refractivity (Wildman–Crippen MR) is 152 cm³/mol. The zero-order chi connectivity index (χ0) is 25.2. The van der Waals surface area contributed by atoms with E-state index in [0.29, 0.717) is 0 Å². The average Bonchev–Trinajstić information content (AvgIpc) is 2.77. The van der Waals surface area contributed by atoms with Crippen LogP contribution in [0.5, 0.6) is 0 Å². The molecule has 0 fully saturated rings. The molecule has 0 atom stereocenters. The zero-order valence-electron chi connectivity index (χ0n) is 23.8. The maximum absolute atomic E-state index is 3.81. The molecule has 0 N–H and O–H groups in total. The van der Waals surface area contributed by atoms with Crippen molar-refractivity contribution in [2.75, 3.05) is 0 Å². The Hall–Kier alpha value is -1.56. The minimum Gasteiger partial charge on any atom is -0.0654 e. The van der Waals surface area contributed by atoms with Gasteiger partial charge in [0.05, 0.1) is 0 Å². The first kappa shape index (κ1) is 28.7. The van der Waals surface area contributed by atoms with Gasteiger partial charge in [-0.25, -0.2) is 0 Å². The lowest BCUT2D eigenvalue weighted by molar-refractivity contribution is 0.585. The molecule has 0 unspecified atom stereocenters. The Morgan fingerprint density at radius 3 is 1.18 bits per heavy atom. The highest BCUT2D eigenvalue weighted by atomic mass is 14.2. The van der Waals surface area contributed by atoms with Crippen molar-refractivity contribution >= 4 is 0 Å². The van der Waals surface area contributed by atoms with E-state index in [1.54, 1.807) is 0 Å². The summed E-state index contributed by atoms with van der Waals surface area (Å²) in [5, 5.41) is 0. The van der Waals surface area contributed by atoms with E-state index < -0.39 is 0 Å². The van der Waals surface area contributed by atoms with Crippen molar-refractivity contribution in [2.24, 2.45) is 0 Å². The normalized spacial score (nSPS) is 12.4. The summed E-state index contributed by atoms with van der Waals surface area (Å²) in [5.41, 5.74) is 8.22. The summed E-state index contributed by atoms with van der Waals surface area (Å²) in [6, 6.07) is 17.2. The van der Waals surface area contributed by atoms with Crippen LogP contribution in [0, 0.1) is 12.1 Å². The van der Waals surface area contributed by atoms with E-state index >= 15 is 0 Å². The van der Waals surface area contributed by atoms with Crippen molar-refractivity contribution in [1.82, 2.24) is 0 Å². The number of aryl methyl sites for hydroxylation is 2. The molecule has 0 aliphatic carbocycles. The SMILES string of the molecule is CCCCCCCc1cc(-c2[c]c(C(C)(C)C)cc(CCCCCCC)c2)[c]c(C(C)(C)C)c1. The maximum Gasteiger partial charge on any atom is -0.00583 e. The van der Waals surface area contributed by atoms with Crippen molar-refractivity contribution in [3.63, 3.8) is 0 Å². The molecular weight excluding hydrogens is 408 g/mol. The highest BCUT2D eigenvalue weighted by Gasteiger charge is 2.19. The van der Waals surface area contributed by atoms with Gasteiger partial charge in [0, 0.05) is 0 Å². The maximum atomic E-state index is 3.81. The van der Waals surface area contributed by atoms with E-state index in [-0.39, 0.29) is 10.8 Å². The van der Waals surface area contributed by atoms with Gasteiger partial charge >= 0.3 is 0 Å². The molecule has 0 heterocycles. The Labute approximate surface area is 213 Å². The van der Waals surface area contributed by atoms with E-state index in [2.05, 4.69) is 91.8 Å². The van der Waals surface area contributed by atoms with E-state index in [1.165, 1.54) is 97.6 Å². The topological polar surface area (TPSA) is 0 Å². The van der Waals surface area contributed by atoms with Gasteiger partial charge in [-0.15, -0.1) is 0 Å². The molecule has 0 nitrogen and oxygen atoms in total. The van der Waals surface area contributed by atoms with Crippen LogP contribution in [-0.4, -0.2) is 0 Å². The first-order valence-corrected chi connectivity index (χ1v) is 14.2. The molecule has 2 aromatic rings. The van der Waals surface area contributed by atoms with E-state index in [9.17, 15) is 0 Å². The van der Waals surface area contributed by atoms with E-state index in [1.807, 2.05) is 0 Å². The summed E-state index contributed by atoms with van der Waals surface area (Å²) in [6.07, 6.45) is 15.6.